The summed E-state index contributed by atoms with van der Waals surface area (Å²) in [5.74, 6) is 0.697. The van der Waals surface area contributed by atoms with Gasteiger partial charge in [0.05, 0.1) is 11.9 Å². The molecule has 26 heavy (non-hydrogen) atoms. The van der Waals surface area contributed by atoms with Crippen molar-refractivity contribution in [2.45, 2.75) is 32.4 Å². The number of nitrogens with zero attached hydrogens (tertiary/aromatic N) is 3. The predicted molar refractivity (Wildman–Crippen MR) is 108 cm³/mol. The molecule has 4 N–H and O–H groups in total. The van der Waals surface area contributed by atoms with Crippen LogP contribution in [0.1, 0.15) is 24.0 Å². The molecule has 136 valence electrons. The van der Waals surface area contributed by atoms with Gasteiger partial charge in [-0.3, -0.25) is 9.36 Å². The summed E-state index contributed by atoms with van der Waals surface area (Å²) >= 11 is 1.52. The van der Waals surface area contributed by atoms with E-state index in [2.05, 4.69) is 4.90 Å². The van der Waals surface area contributed by atoms with Crippen LogP contribution in [0, 0.1) is 6.92 Å². The third-order valence-electron chi connectivity index (χ3n) is 4.98. The number of benzene rings is 1. The van der Waals surface area contributed by atoms with Gasteiger partial charge in [-0.2, -0.15) is 0 Å². The largest absolute Gasteiger partial charge is 0.398 e. The highest BCUT2D eigenvalue weighted by Gasteiger charge is 2.23. The van der Waals surface area contributed by atoms with Gasteiger partial charge < -0.3 is 16.4 Å². The molecule has 0 unspecified atom stereocenters. The van der Waals surface area contributed by atoms with E-state index in [-0.39, 0.29) is 11.6 Å². The van der Waals surface area contributed by atoms with Crippen molar-refractivity contribution in [1.82, 2.24) is 9.55 Å². The summed E-state index contributed by atoms with van der Waals surface area (Å²) in [6.45, 7) is 3.94. The number of rotatable bonds is 3. The topological polar surface area (TPSA) is 90.2 Å². The molecule has 0 radical (unpaired) electrons. The molecule has 0 saturated carbocycles. The lowest BCUT2D eigenvalue weighted by molar-refractivity contribution is 0.492. The number of nitrogen functional groups attached to an aromatic ring is 1. The number of thiophene rings is 1. The van der Waals surface area contributed by atoms with Gasteiger partial charge in [-0.15, -0.1) is 11.3 Å². The fourth-order valence-corrected chi connectivity index (χ4v) is 4.48. The summed E-state index contributed by atoms with van der Waals surface area (Å²) < 4.78 is 1.76. The Morgan fingerprint density at radius 2 is 2.15 bits per heavy atom. The average Bonchev–Trinajstić information content (AvgIpc) is 3.00. The van der Waals surface area contributed by atoms with Gasteiger partial charge in [0.15, 0.2) is 0 Å². The SMILES string of the molecule is Cc1csc2nc(N3CCC[C@@H](N)C3)n(Cc3ccccc3N)c(=O)c12. The van der Waals surface area contributed by atoms with Gasteiger partial charge in [0.25, 0.3) is 5.56 Å². The minimum Gasteiger partial charge on any atom is -0.398 e. The molecule has 1 saturated heterocycles. The fraction of sp³-hybridized carbons (Fsp3) is 0.368. The molecule has 0 aliphatic carbocycles. The zero-order valence-corrected chi connectivity index (χ0v) is 15.6. The first kappa shape index (κ1) is 17.1. The van der Waals surface area contributed by atoms with Crippen LogP contribution in [-0.4, -0.2) is 28.7 Å². The zero-order chi connectivity index (χ0) is 18.3. The molecular formula is C19H23N5OS. The van der Waals surface area contributed by atoms with Crippen LogP contribution in [-0.2, 0) is 6.54 Å². The standard InChI is InChI=1S/C19H23N5OS/c1-12-11-26-17-16(12)18(25)24(9-13-5-2-3-7-15(13)21)19(22-17)23-8-4-6-14(20)10-23/h2-3,5,7,11,14H,4,6,8-10,20-21H2,1H3/t14-/m1/s1. The van der Waals surface area contributed by atoms with Crippen LogP contribution in [0.5, 0.6) is 0 Å². The number of piperidine rings is 1. The summed E-state index contributed by atoms with van der Waals surface area (Å²) in [5.41, 5.74) is 14.9. The van der Waals surface area contributed by atoms with Gasteiger partial charge in [-0.05, 0) is 42.3 Å². The van der Waals surface area contributed by atoms with Crippen molar-refractivity contribution in [3.8, 4) is 0 Å². The third kappa shape index (κ3) is 2.97. The molecule has 6 nitrogen and oxygen atoms in total. The molecule has 0 spiro atoms. The molecule has 0 bridgehead atoms. The van der Waals surface area contributed by atoms with E-state index in [0.29, 0.717) is 30.1 Å². The minimum atomic E-state index is -0.00820. The first-order valence-corrected chi connectivity index (χ1v) is 9.75. The highest BCUT2D eigenvalue weighted by molar-refractivity contribution is 7.16. The lowest BCUT2D eigenvalue weighted by Crippen LogP contribution is -2.45. The number of anilines is 2. The van der Waals surface area contributed by atoms with Gasteiger partial charge in [-0.1, -0.05) is 18.2 Å². The number of fused-ring (bicyclic) bond motifs is 1. The quantitative estimate of drug-likeness (QED) is 0.692. The maximum atomic E-state index is 13.3. The molecule has 1 fully saturated rings. The van der Waals surface area contributed by atoms with E-state index in [4.69, 9.17) is 16.5 Å². The minimum absolute atomic E-state index is 0.00820. The van der Waals surface area contributed by atoms with Crippen molar-refractivity contribution in [3.63, 3.8) is 0 Å². The van der Waals surface area contributed by atoms with E-state index in [1.54, 1.807) is 4.57 Å². The Morgan fingerprint density at radius 3 is 2.92 bits per heavy atom. The van der Waals surface area contributed by atoms with Gasteiger partial charge in [0.1, 0.15) is 4.83 Å². The summed E-state index contributed by atoms with van der Waals surface area (Å²) in [6, 6.07) is 7.76. The van der Waals surface area contributed by atoms with Crippen LogP contribution < -0.4 is 21.9 Å². The molecule has 3 aromatic rings. The third-order valence-corrected chi connectivity index (χ3v) is 5.97. The van der Waals surface area contributed by atoms with Gasteiger partial charge >= 0.3 is 0 Å². The second-order valence-electron chi connectivity index (χ2n) is 6.95. The van der Waals surface area contributed by atoms with E-state index in [1.807, 2.05) is 36.6 Å². The predicted octanol–water partition coefficient (Wildman–Crippen LogP) is 2.32. The van der Waals surface area contributed by atoms with E-state index >= 15 is 0 Å². The Hall–Kier alpha value is -2.38. The lowest BCUT2D eigenvalue weighted by atomic mass is 10.1. The van der Waals surface area contributed by atoms with Crippen molar-refractivity contribution in [2.75, 3.05) is 23.7 Å². The van der Waals surface area contributed by atoms with Gasteiger partial charge in [0.2, 0.25) is 5.95 Å². The second kappa shape index (κ2) is 6.74. The van der Waals surface area contributed by atoms with E-state index < -0.39 is 0 Å². The van der Waals surface area contributed by atoms with Crippen LogP contribution >= 0.6 is 11.3 Å². The van der Waals surface area contributed by atoms with Gasteiger partial charge in [0, 0.05) is 24.8 Å². The number of para-hydroxylation sites is 1. The summed E-state index contributed by atoms with van der Waals surface area (Å²) in [4.78, 5) is 21.1. The van der Waals surface area contributed by atoms with Crippen LogP contribution in [0.4, 0.5) is 11.6 Å². The van der Waals surface area contributed by atoms with Crippen molar-refractivity contribution in [3.05, 3.63) is 51.1 Å². The molecular weight excluding hydrogens is 346 g/mol. The zero-order valence-electron chi connectivity index (χ0n) is 14.8. The van der Waals surface area contributed by atoms with Crippen LogP contribution in [0.2, 0.25) is 0 Å². The average molecular weight is 369 g/mol. The van der Waals surface area contributed by atoms with Crippen molar-refractivity contribution >= 4 is 33.2 Å². The Labute approximate surface area is 156 Å². The maximum Gasteiger partial charge on any atom is 0.264 e. The molecule has 1 aliphatic heterocycles. The molecule has 3 heterocycles. The fourth-order valence-electron chi connectivity index (χ4n) is 3.57. The molecule has 1 atom stereocenters. The number of nitrogens with two attached hydrogens (primary N) is 2. The van der Waals surface area contributed by atoms with Crippen LogP contribution in [0.3, 0.4) is 0 Å². The molecule has 1 aromatic carbocycles. The number of aryl methyl sites for hydroxylation is 1. The first-order valence-electron chi connectivity index (χ1n) is 8.87. The van der Waals surface area contributed by atoms with E-state index in [9.17, 15) is 4.79 Å². The lowest BCUT2D eigenvalue weighted by Gasteiger charge is -2.33. The van der Waals surface area contributed by atoms with Crippen LogP contribution in [0.15, 0.2) is 34.4 Å². The van der Waals surface area contributed by atoms with Crippen LogP contribution in [0.25, 0.3) is 10.2 Å². The van der Waals surface area contributed by atoms with E-state index in [0.717, 1.165) is 35.3 Å². The Balaban J connectivity index is 1.88. The summed E-state index contributed by atoms with van der Waals surface area (Å²) in [6.07, 6.45) is 2.01. The normalized spacial score (nSPS) is 17.8. The number of aromatic nitrogens is 2. The highest BCUT2D eigenvalue weighted by Crippen LogP contribution is 2.26. The first-order chi connectivity index (χ1) is 12.5. The molecule has 4 rings (SSSR count). The Kier molecular flexibility index (Phi) is 4.42. The smallest absolute Gasteiger partial charge is 0.264 e. The summed E-state index contributed by atoms with van der Waals surface area (Å²) in [7, 11) is 0. The monoisotopic (exact) mass is 369 g/mol. The molecule has 2 aromatic heterocycles. The van der Waals surface area contributed by atoms with E-state index in [1.165, 1.54) is 11.3 Å². The van der Waals surface area contributed by atoms with Crippen molar-refractivity contribution < 1.29 is 0 Å². The van der Waals surface area contributed by atoms with Crippen molar-refractivity contribution in [1.29, 1.82) is 0 Å². The van der Waals surface area contributed by atoms with Gasteiger partial charge in [-0.25, -0.2) is 4.98 Å². The Bertz CT molecular complexity index is 1010. The second-order valence-corrected chi connectivity index (χ2v) is 7.81. The number of hydrogen-bond donors (Lipinski definition) is 2. The number of hydrogen-bond acceptors (Lipinski definition) is 6. The molecule has 7 heteroatoms. The highest BCUT2D eigenvalue weighted by atomic mass is 32.1. The Morgan fingerprint density at radius 1 is 1.35 bits per heavy atom. The van der Waals surface area contributed by atoms with Crippen molar-refractivity contribution in [2.24, 2.45) is 5.73 Å². The summed E-state index contributed by atoms with van der Waals surface area (Å²) in [5, 5.41) is 2.70. The molecule has 1 aliphatic rings. The maximum absolute atomic E-state index is 13.3. The molecule has 0 amide bonds.